The van der Waals surface area contributed by atoms with Gasteiger partial charge in [0.2, 0.25) is 5.91 Å². The van der Waals surface area contributed by atoms with Crippen molar-refractivity contribution in [1.82, 2.24) is 15.6 Å². The van der Waals surface area contributed by atoms with Gasteiger partial charge >= 0.3 is 0 Å². The third-order valence-corrected chi connectivity index (χ3v) is 5.24. The topological polar surface area (TPSA) is 87.6 Å². The van der Waals surface area contributed by atoms with Crippen LogP contribution in [0.1, 0.15) is 51.0 Å². The molecule has 0 radical (unpaired) electrons. The summed E-state index contributed by atoms with van der Waals surface area (Å²) in [5, 5.41) is 9.36. The number of carbonyl (C=O) groups excluding carboxylic acids is 1. The summed E-state index contributed by atoms with van der Waals surface area (Å²) in [6, 6.07) is 3.74. The molecule has 3 N–H and O–H groups in total. The van der Waals surface area contributed by atoms with Crippen molar-refractivity contribution in [3.8, 4) is 0 Å². The zero-order chi connectivity index (χ0) is 20.2. The number of aryl methyl sites for hydroxylation is 1. The summed E-state index contributed by atoms with van der Waals surface area (Å²) in [4.78, 5) is 21.1. The van der Waals surface area contributed by atoms with Crippen molar-refractivity contribution in [2.45, 2.75) is 52.4 Å². The monoisotopic (exact) mass is 517 g/mol. The van der Waals surface area contributed by atoms with Crippen LogP contribution in [0.15, 0.2) is 23.3 Å². The van der Waals surface area contributed by atoms with Crippen molar-refractivity contribution in [3.63, 3.8) is 0 Å². The van der Waals surface area contributed by atoms with E-state index in [1.54, 1.807) is 13.3 Å². The molecule has 1 amide bonds. The number of nitrogens with one attached hydrogen (secondary N) is 3. The maximum atomic E-state index is 12.1. The molecule has 0 bridgehead atoms. The Hall–Kier alpha value is -1.42. The van der Waals surface area contributed by atoms with Crippen LogP contribution >= 0.6 is 24.0 Å². The molecule has 8 heteroatoms. The van der Waals surface area contributed by atoms with Gasteiger partial charge in [0.05, 0.1) is 0 Å². The molecule has 164 valence electrons. The number of aromatic nitrogens is 1. The second-order valence-corrected chi connectivity index (χ2v) is 7.59. The van der Waals surface area contributed by atoms with Crippen LogP contribution in [-0.2, 0) is 9.53 Å². The SMILES string of the molecule is CCNC(=NCC1(CCOC)CCCC1)NCCC(=O)Nc1ccc(C)cn1.I. The lowest BCUT2D eigenvalue weighted by atomic mass is 9.83. The molecule has 7 nitrogen and oxygen atoms in total. The summed E-state index contributed by atoms with van der Waals surface area (Å²) in [5.74, 6) is 1.29. The lowest BCUT2D eigenvalue weighted by Gasteiger charge is -2.27. The first-order valence-corrected chi connectivity index (χ1v) is 10.3. The quantitative estimate of drug-likeness (QED) is 0.251. The molecule has 1 aromatic rings. The minimum atomic E-state index is -0.0629. The first kappa shape index (κ1) is 25.6. The van der Waals surface area contributed by atoms with E-state index in [0.717, 1.165) is 37.6 Å². The van der Waals surface area contributed by atoms with E-state index in [4.69, 9.17) is 9.73 Å². The molecule has 2 rings (SSSR count). The number of hydrogen-bond acceptors (Lipinski definition) is 4. The van der Waals surface area contributed by atoms with E-state index in [0.29, 0.717) is 18.8 Å². The summed E-state index contributed by atoms with van der Waals surface area (Å²) in [6.45, 7) is 6.90. The van der Waals surface area contributed by atoms with E-state index in [1.165, 1.54) is 25.7 Å². The Kier molecular flexibility index (Phi) is 12.1. The smallest absolute Gasteiger partial charge is 0.227 e. The number of anilines is 1. The van der Waals surface area contributed by atoms with Gasteiger partial charge in [0, 0.05) is 46.0 Å². The van der Waals surface area contributed by atoms with E-state index in [-0.39, 0.29) is 35.3 Å². The number of pyridine rings is 1. The molecule has 0 aliphatic heterocycles. The Balaban J connectivity index is 0.00000420. The molecule has 1 saturated carbocycles. The van der Waals surface area contributed by atoms with Gasteiger partial charge in [0.15, 0.2) is 5.96 Å². The van der Waals surface area contributed by atoms with Gasteiger partial charge in [-0.1, -0.05) is 18.9 Å². The number of aliphatic imine (C=N–C) groups is 1. The average Bonchev–Trinajstić information content (AvgIpc) is 3.15. The minimum Gasteiger partial charge on any atom is -0.385 e. The van der Waals surface area contributed by atoms with Gasteiger partial charge in [-0.2, -0.15) is 0 Å². The van der Waals surface area contributed by atoms with Crippen LogP contribution in [0.4, 0.5) is 5.82 Å². The fourth-order valence-corrected chi connectivity index (χ4v) is 3.56. The van der Waals surface area contributed by atoms with Crippen molar-refractivity contribution in [2.24, 2.45) is 10.4 Å². The Morgan fingerprint density at radius 1 is 1.28 bits per heavy atom. The number of carbonyl (C=O) groups is 1. The zero-order valence-corrected chi connectivity index (χ0v) is 20.3. The maximum Gasteiger partial charge on any atom is 0.227 e. The third kappa shape index (κ3) is 9.29. The molecular formula is C21H36IN5O2. The molecule has 1 aliphatic rings. The summed E-state index contributed by atoms with van der Waals surface area (Å²) in [7, 11) is 1.76. The van der Waals surface area contributed by atoms with Crippen LogP contribution in [-0.4, -0.2) is 50.2 Å². The summed E-state index contributed by atoms with van der Waals surface area (Å²) < 4.78 is 5.30. The van der Waals surface area contributed by atoms with Crippen LogP contribution in [0, 0.1) is 12.3 Å². The molecule has 29 heavy (non-hydrogen) atoms. The molecule has 1 aromatic heterocycles. The molecule has 0 atom stereocenters. The van der Waals surface area contributed by atoms with Crippen LogP contribution in [0.2, 0.25) is 0 Å². The lowest BCUT2D eigenvalue weighted by molar-refractivity contribution is -0.116. The molecular weight excluding hydrogens is 481 g/mol. The van der Waals surface area contributed by atoms with E-state index >= 15 is 0 Å². The highest BCUT2D eigenvalue weighted by molar-refractivity contribution is 14.0. The van der Waals surface area contributed by atoms with E-state index < -0.39 is 0 Å². The summed E-state index contributed by atoms with van der Waals surface area (Å²) in [6.07, 6.45) is 8.13. The van der Waals surface area contributed by atoms with Crippen LogP contribution in [0.5, 0.6) is 0 Å². The average molecular weight is 517 g/mol. The maximum absolute atomic E-state index is 12.1. The normalized spacial score (nSPS) is 15.5. The van der Waals surface area contributed by atoms with Gasteiger partial charge in [-0.3, -0.25) is 9.79 Å². The molecule has 0 aromatic carbocycles. The first-order valence-electron chi connectivity index (χ1n) is 10.3. The van der Waals surface area contributed by atoms with Crippen molar-refractivity contribution < 1.29 is 9.53 Å². The molecule has 1 heterocycles. The standard InChI is InChI=1S/C21H35N5O2.HI/c1-4-22-20(25-16-21(12-14-28-3)10-5-6-11-21)23-13-9-19(27)26-18-8-7-17(2)15-24-18;/h7-8,15H,4-6,9-14,16H2,1-3H3,(H2,22,23,25)(H,24,26,27);1H. The minimum absolute atomic E-state index is 0. The zero-order valence-electron chi connectivity index (χ0n) is 17.9. The largest absolute Gasteiger partial charge is 0.385 e. The van der Waals surface area contributed by atoms with Gasteiger partial charge in [-0.25, -0.2) is 4.98 Å². The molecule has 0 unspecified atom stereocenters. The van der Waals surface area contributed by atoms with E-state index in [9.17, 15) is 4.79 Å². The Morgan fingerprint density at radius 3 is 2.66 bits per heavy atom. The van der Waals surface area contributed by atoms with E-state index in [2.05, 4.69) is 20.9 Å². The fraction of sp³-hybridized carbons (Fsp3) is 0.667. The first-order chi connectivity index (χ1) is 13.6. The Labute approximate surface area is 191 Å². The van der Waals surface area contributed by atoms with E-state index in [1.807, 2.05) is 26.0 Å². The van der Waals surface area contributed by atoms with Crippen molar-refractivity contribution in [3.05, 3.63) is 23.9 Å². The van der Waals surface area contributed by atoms with Gasteiger partial charge in [0.25, 0.3) is 0 Å². The highest BCUT2D eigenvalue weighted by Crippen LogP contribution is 2.41. The summed E-state index contributed by atoms with van der Waals surface area (Å²) >= 11 is 0. The number of guanidine groups is 1. The number of ether oxygens (including phenoxy) is 1. The van der Waals surface area contributed by atoms with Crippen molar-refractivity contribution in [2.75, 3.05) is 38.7 Å². The highest BCUT2D eigenvalue weighted by atomic mass is 127. The molecule has 0 saturated heterocycles. The predicted molar refractivity (Wildman–Crippen MR) is 129 cm³/mol. The highest BCUT2D eigenvalue weighted by Gasteiger charge is 2.33. The number of nitrogens with zero attached hydrogens (tertiary/aromatic N) is 2. The van der Waals surface area contributed by atoms with Gasteiger partial charge in [0.1, 0.15) is 5.82 Å². The second kappa shape index (κ2) is 13.7. The van der Waals surface area contributed by atoms with Crippen molar-refractivity contribution in [1.29, 1.82) is 0 Å². The number of rotatable bonds is 10. The Bertz CT molecular complexity index is 630. The number of hydrogen-bond donors (Lipinski definition) is 3. The second-order valence-electron chi connectivity index (χ2n) is 7.59. The number of amides is 1. The van der Waals surface area contributed by atoms with Gasteiger partial charge in [-0.15, -0.1) is 24.0 Å². The van der Waals surface area contributed by atoms with Crippen LogP contribution in [0.3, 0.4) is 0 Å². The third-order valence-electron chi connectivity index (χ3n) is 5.24. The van der Waals surface area contributed by atoms with Crippen LogP contribution in [0.25, 0.3) is 0 Å². The molecule has 1 aliphatic carbocycles. The number of methoxy groups -OCH3 is 1. The number of halogens is 1. The van der Waals surface area contributed by atoms with Gasteiger partial charge < -0.3 is 20.7 Å². The fourth-order valence-electron chi connectivity index (χ4n) is 3.56. The van der Waals surface area contributed by atoms with Crippen molar-refractivity contribution >= 4 is 41.7 Å². The van der Waals surface area contributed by atoms with Gasteiger partial charge in [-0.05, 0) is 50.2 Å². The summed E-state index contributed by atoms with van der Waals surface area (Å²) in [5.41, 5.74) is 1.32. The predicted octanol–water partition coefficient (Wildman–Crippen LogP) is 3.49. The molecule has 0 spiro atoms. The molecule has 1 fully saturated rings. The lowest BCUT2D eigenvalue weighted by Crippen LogP contribution is -2.39. The Morgan fingerprint density at radius 2 is 2.03 bits per heavy atom. The van der Waals surface area contributed by atoms with Crippen LogP contribution < -0.4 is 16.0 Å².